The van der Waals surface area contributed by atoms with Crippen molar-refractivity contribution in [3.63, 3.8) is 0 Å². The van der Waals surface area contributed by atoms with Gasteiger partial charge in [0, 0.05) is 11.9 Å². The predicted octanol–water partition coefficient (Wildman–Crippen LogP) is 0.234. The molecule has 14 heavy (non-hydrogen) atoms. The Labute approximate surface area is 81.1 Å². The molecule has 5 heteroatoms. The van der Waals surface area contributed by atoms with Crippen LogP contribution in [-0.2, 0) is 17.8 Å². The van der Waals surface area contributed by atoms with Crippen LogP contribution < -0.4 is 5.73 Å². The summed E-state index contributed by atoms with van der Waals surface area (Å²) in [6.45, 7) is 1.86. The van der Waals surface area contributed by atoms with Crippen molar-refractivity contribution in [2.75, 3.05) is 0 Å². The molecule has 1 rings (SSSR count). The number of carbonyl (C=O) groups is 2. The lowest BCUT2D eigenvalue weighted by molar-refractivity contribution is -0.118. The first-order valence-electron chi connectivity index (χ1n) is 4.25. The van der Waals surface area contributed by atoms with E-state index in [0.717, 1.165) is 0 Å². The fourth-order valence-corrected chi connectivity index (χ4v) is 1.41. The van der Waals surface area contributed by atoms with Crippen molar-refractivity contribution in [3.8, 4) is 0 Å². The third kappa shape index (κ3) is 1.93. The fourth-order valence-electron chi connectivity index (χ4n) is 1.41. The van der Waals surface area contributed by atoms with Crippen LogP contribution in [-0.4, -0.2) is 21.6 Å². The van der Waals surface area contributed by atoms with Crippen LogP contribution in [0.1, 0.15) is 23.0 Å². The van der Waals surface area contributed by atoms with Crippen molar-refractivity contribution in [1.29, 1.82) is 0 Å². The van der Waals surface area contributed by atoms with Gasteiger partial charge in [-0.05, 0) is 12.5 Å². The number of carboxylic acid groups (broad SMARTS) is 1. The first-order chi connectivity index (χ1) is 6.56. The minimum absolute atomic E-state index is 0.0243. The van der Waals surface area contributed by atoms with Crippen LogP contribution in [0.5, 0.6) is 0 Å². The van der Waals surface area contributed by atoms with E-state index in [-0.39, 0.29) is 12.1 Å². The number of carboxylic acids is 1. The molecule has 3 N–H and O–H groups in total. The minimum atomic E-state index is -0.981. The Balaban J connectivity index is 3.07. The Morgan fingerprint density at radius 3 is 2.64 bits per heavy atom. The maximum Gasteiger partial charge on any atom is 0.337 e. The molecule has 0 unspecified atom stereocenters. The van der Waals surface area contributed by atoms with Gasteiger partial charge < -0.3 is 15.4 Å². The van der Waals surface area contributed by atoms with Gasteiger partial charge in [0.2, 0.25) is 5.91 Å². The lowest BCUT2D eigenvalue weighted by atomic mass is 10.2. The average molecular weight is 196 g/mol. The number of primary amides is 1. The van der Waals surface area contributed by atoms with Gasteiger partial charge in [0.15, 0.2) is 0 Å². The highest BCUT2D eigenvalue weighted by atomic mass is 16.4. The second-order valence-electron chi connectivity index (χ2n) is 2.93. The molecule has 0 bridgehead atoms. The number of aromatic nitrogens is 1. The molecule has 0 radical (unpaired) electrons. The number of amides is 1. The van der Waals surface area contributed by atoms with Crippen molar-refractivity contribution in [2.24, 2.45) is 5.73 Å². The lowest BCUT2D eigenvalue weighted by Gasteiger charge is -2.05. The summed E-state index contributed by atoms with van der Waals surface area (Å²) in [5, 5.41) is 8.81. The SMILES string of the molecule is CCc1c(C(=O)O)ccn1CC(N)=O. The van der Waals surface area contributed by atoms with Crippen LogP contribution in [0.3, 0.4) is 0 Å². The van der Waals surface area contributed by atoms with Crippen molar-refractivity contribution >= 4 is 11.9 Å². The molecule has 0 saturated heterocycles. The average Bonchev–Trinajstić information content (AvgIpc) is 2.46. The highest BCUT2D eigenvalue weighted by molar-refractivity contribution is 5.89. The Morgan fingerprint density at radius 1 is 1.57 bits per heavy atom. The van der Waals surface area contributed by atoms with Crippen molar-refractivity contribution in [3.05, 3.63) is 23.5 Å². The number of hydrogen-bond donors (Lipinski definition) is 2. The molecule has 1 amide bonds. The zero-order chi connectivity index (χ0) is 10.7. The van der Waals surface area contributed by atoms with Gasteiger partial charge in [0.05, 0.1) is 5.56 Å². The topological polar surface area (TPSA) is 85.3 Å². The van der Waals surface area contributed by atoms with Crippen LogP contribution >= 0.6 is 0 Å². The molecule has 0 aliphatic heterocycles. The number of rotatable bonds is 4. The summed E-state index contributed by atoms with van der Waals surface area (Å²) in [5.41, 5.74) is 5.88. The van der Waals surface area contributed by atoms with Gasteiger partial charge in [-0.3, -0.25) is 4.79 Å². The van der Waals surface area contributed by atoms with Crippen molar-refractivity contribution in [1.82, 2.24) is 4.57 Å². The van der Waals surface area contributed by atoms with Crippen molar-refractivity contribution in [2.45, 2.75) is 19.9 Å². The summed E-state index contributed by atoms with van der Waals surface area (Å²) in [4.78, 5) is 21.4. The molecule has 76 valence electrons. The summed E-state index contributed by atoms with van der Waals surface area (Å²) < 4.78 is 1.56. The Hall–Kier alpha value is -1.78. The van der Waals surface area contributed by atoms with Crippen LogP contribution in [0.25, 0.3) is 0 Å². The second-order valence-corrected chi connectivity index (χ2v) is 2.93. The maximum absolute atomic E-state index is 10.8. The zero-order valence-corrected chi connectivity index (χ0v) is 7.86. The van der Waals surface area contributed by atoms with Gasteiger partial charge in [0.25, 0.3) is 0 Å². The largest absolute Gasteiger partial charge is 0.478 e. The summed E-state index contributed by atoms with van der Waals surface area (Å²) in [7, 11) is 0. The van der Waals surface area contributed by atoms with E-state index >= 15 is 0 Å². The standard InChI is InChI=1S/C9H12N2O3/c1-2-7-6(9(13)14)3-4-11(7)5-8(10)12/h3-4H,2,5H2,1H3,(H2,10,12)(H,13,14). The molecular weight excluding hydrogens is 184 g/mol. The van der Waals surface area contributed by atoms with E-state index in [9.17, 15) is 9.59 Å². The third-order valence-corrected chi connectivity index (χ3v) is 1.97. The number of nitrogens with two attached hydrogens (primary N) is 1. The summed E-state index contributed by atoms with van der Waals surface area (Å²) in [5.74, 6) is -1.46. The van der Waals surface area contributed by atoms with E-state index < -0.39 is 11.9 Å². The quantitative estimate of drug-likeness (QED) is 0.723. The van der Waals surface area contributed by atoms with Gasteiger partial charge in [0.1, 0.15) is 6.54 Å². The summed E-state index contributed by atoms with van der Waals surface area (Å²) in [6, 6.07) is 1.48. The van der Waals surface area contributed by atoms with E-state index in [1.807, 2.05) is 6.92 Å². The highest BCUT2D eigenvalue weighted by Crippen LogP contribution is 2.11. The second kappa shape index (κ2) is 3.95. The molecule has 1 aromatic heterocycles. The van der Waals surface area contributed by atoms with Crippen LogP contribution in [0.2, 0.25) is 0 Å². The summed E-state index contributed by atoms with van der Waals surface area (Å²) in [6.07, 6.45) is 2.12. The normalized spacial score (nSPS) is 10.1. The predicted molar refractivity (Wildman–Crippen MR) is 50.0 cm³/mol. The van der Waals surface area contributed by atoms with Gasteiger partial charge in [-0.2, -0.15) is 0 Å². The molecule has 0 aromatic carbocycles. The zero-order valence-electron chi connectivity index (χ0n) is 7.86. The molecule has 0 saturated carbocycles. The van der Waals surface area contributed by atoms with Gasteiger partial charge in [-0.1, -0.05) is 6.92 Å². The smallest absolute Gasteiger partial charge is 0.337 e. The molecular formula is C9H12N2O3. The third-order valence-electron chi connectivity index (χ3n) is 1.97. The maximum atomic E-state index is 10.8. The number of hydrogen-bond acceptors (Lipinski definition) is 2. The van der Waals surface area contributed by atoms with E-state index in [1.165, 1.54) is 6.07 Å². The molecule has 1 aromatic rings. The Morgan fingerprint density at radius 2 is 2.21 bits per heavy atom. The Kier molecular flexibility index (Phi) is 2.91. The lowest BCUT2D eigenvalue weighted by Crippen LogP contribution is -2.19. The fraction of sp³-hybridized carbons (Fsp3) is 0.333. The number of nitrogens with zero attached hydrogens (tertiary/aromatic N) is 1. The Bertz CT molecular complexity index is 368. The number of aromatic carboxylic acids is 1. The van der Waals surface area contributed by atoms with Gasteiger partial charge >= 0.3 is 5.97 Å². The first kappa shape index (κ1) is 10.3. The first-order valence-corrected chi connectivity index (χ1v) is 4.25. The van der Waals surface area contributed by atoms with E-state index in [0.29, 0.717) is 12.1 Å². The highest BCUT2D eigenvalue weighted by Gasteiger charge is 2.13. The van der Waals surface area contributed by atoms with Crippen LogP contribution in [0.15, 0.2) is 12.3 Å². The van der Waals surface area contributed by atoms with Gasteiger partial charge in [-0.15, -0.1) is 0 Å². The van der Waals surface area contributed by atoms with E-state index in [1.54, 1.807) is 10.8 Å². The van der Waals surface area contributed by atoms with E-state index in [4.69, 9.17) is 10.8 Å². The molecule has 0 spiro atoms. The minimum Gasteiger partial charge on any atom is -0.478 e. The van der Waals surface area contributed by atoms with Crippen LogP contribution in [0, 0.1) is 0 Å². The molecule has 0 fully saturated rings. The molecule has 0 aliphatic rings. The number of carbonyl (C=O) groups excluding carboxylic acids is 1. The van der Waals surface area contributed by atoms with E-state index in [2.05, 4.69) is 0 Å². The monoisotopic (exact) mass is 196 g/mol. The summed E-state index contributed by atoms with van der Waals surface area (Å²) >= 11 is 0. The molecule has 0 aliphatic carbocycles. The van der Waals surface area contributed by atoms with Gasteiger partial charge in [-0.25, -0.2) is 4.79 Å². The molecule has 5 nitrogen and oxygen atoms in total. The molecule has 0 atom stereocenters. The molecule has 1 heterocycles. The van der Waals surface area contributed by atoms with Crippen molar-refractivity contribution < 1.29 is 14.7 Å². The van der Waals surface area contributed by atoms with Crippen LogP contribution in [0.4, 0.5) is 0 Å².